The fourth-order valence-corrected chi connectivity index (χ4v) is 1.68. The molecule has 0 radical (unpaired) electrons. The van der Waals surface area contributed by atoms with Crippen molar-refractivity contribution in [1.82, 2.24) is 4.67 Å². The SMILES string of the molecule is O=[N+]([O-])c1ccc(C(O)CN(P)CCO)cc1. The fraction of sp³-hybridized carbons (Fsp3) is 0.400. The van der Waals surface area contributed by atoms with Crippen LogP contribution in [0, 0.1) is 10.1 Å². The Morgan fingerprint density at radius 1 is 1.41 bits per heavy atom. The highest BCUT2D eigenvalue weighted by Gasteiger charge is 2.12. The molecule has 0 aromatic heterocycles. The second-order valence-corrected chi connectivity index (χ2v) is 4.31. The van der Waals surface area contributed by atoms with Gasteiger partial charge in [0.2, 0.25) is 0 Å². The maximum atomic E-state index is 10.4. The highest BCUT2D eigenvalue weighted by Crippen LogP contribution is 2.19. The van der Waals surface area contributed by atoms with E-state index in [2.05, 4.69) is 9.39 Å². The zero-order valence-corrected chi connectivity index (χ0v) is 10.3. The zero-order chi connectivity index (χ0) is 12.8. The number of hydrogen-bond donors (Lipinski definition) is 2. The smallest absolute Gasteiger partial charge is 0.269 e. The van der Waals surface area contributed by atoms with Gasteiger partial charge in [0, 0.05) is 25.2 Å². The van der Waals surface area contributed by atoms with Crippen molar-refractivity contribution >= 4 is 15.1 Å². The third-order valence-corrected chi connectivity index (χ3v) is 2.75. The predicted octanol–water partition coefficient (Wildman–Crippen LogP) is 0.713. The number of rotatable bonds is 6. The standard InChI is InChI=1S/C10H15N2O4P/c13-6-5-11(17)7-10(14)8-1-3-9(4-2-8)12(15)16/h1-4,10,13-14H,5-7,17H2. The fourth-order valence-electron chi connectivity index (χ4n) is 1.37. The van der Waals surface area contributed by atoms with Crippen molar-refractivity contribution in [3.8, 4) is 0 Å². The van der Waals surface area contributed by atoms with E-state index < -0.39 is 11.0 Å². The van der Waals surface area contributed by atoms with Gasteiger partial charge in [0.25, 0.3) is 5.69 Å². The Hall–Kier alpha value is -1.07. The molecule has 1 aromatic carbocycles. The average Bonchev–Trinajstić information content (AvgIpc) is 2.29. The van der Waals surface area contributed by atoms with Crippen LogP contribution < -0.4 is 0 Å². The molecule has 0 aliphatic rings. The van der Waals surface area contributed by atoms with Gasteiger partial charge >= 0.3 is 0 Å². The molecular formula is C10H15N2O4P. The van der Waals surface area contributed by atoms with Crippen LogP contribution in [-0.4, -0.2) is 39.5 Å². The van der Waals surface area contributed by atoms with Gasteiger partial charge in [0.15, 0.2) is 0 Å². The molecule has 0 fully saturated rings. The van der Waals surface area contributed by atoms with Crippen molar-refractivity contribution < 1.29 is 15.1 Å². The van der Waals surface area contributed by atoms with Gasteiger partial charge in [-0.25, -0.2) is 0 Å². The van der Waals surface area contributed by atoms with Crippen LogP contribution in [0.25, 0.3) is 0 Å². The molecule has 6 nitrogen and oxygen atoms in total. The third kappa shape index (κ3) is 4.36. The quantitative estimate of drug-likeness (QED) is 0.446. The summed E-state index contributed by atoms with van der Waals surface area (Å²) >= 11 is 0. The van der Waals surface area contributed by atoms with Crippen LogP contribution >= 0.6 is 9.39 Å². The first-order valence-electron chi connectivity index (χ1n) is 5.07. The van der Waals surface area contributed by atoms with E-state index in [0.717, 1.165) is 0 Å². The van der Waals surface area contributed by atoms with Gasteiger partial charge in [-0.15, -0.1) is 0 Å². The Morgan fingerprint density at radius 3 is 2.47 bits per heavy atom. The molecule has 2 atom stereocenters. The Labute approximate surface area is 101 Å². The number of nitro groups is 1. The van der Waals surface area contributed by atoms with Crippen LogP contribution in [0.1, 0.15) is 11.7 Å². The van der Waals surface area contributed by atoms with Crippen LogP contribution in [0.5, 0.6) is 0 Å². The van der Waals surface area contributed by atoms with Crippen LogP contribution in [0.4, 0.5) is 5.69 Å². The summed E-state index contributed by atoms with van der Waals surface area (Å²) in [6, 6.07) is 5.77. The molecule has 7 heteroatoms. The van der Waals surface area contributed by atoms with Crippen LogP contribution in [-0.2, 0) is 0 Å². The van der Waals surface area contributed by atoms with Crippen molar-refractivity contribution in [2.45, 2.75) is 6.10 Å². The lowest BCUT2D eigenvalue weighted by Gasteiger charge is -2.19. The molecule has 0 aliphatic carbocycles. The minimum Gasteiger partial charge on any atom is -0.395 e. The average molecular weight is 258 g/mol. The molecule has 94 valence electrons. The van der Waals surface area contributed by atoms with Gasteiger partial charge in [-0.2, -0.15) is 0 Å². The molecule has 0 heterocycles. The van der Waals surface area contributed by atoms with Crippen LogP contribution in [0.15, 0.2) is 24.3 Å². The second-order valence-electron chi connectivity index (χ2n) is 3.58. The normalized spacial score (nSPS) is 12.7. The maximum absolute atomic E-state index is 10.4. The van der Waals surface area contributed by atoms with Gasteiger partial charge < -0.3 is 10.2 Å². The molecule has 0 saturated heterocycles. The van der Waals surface area contributed by atoms with E-state index in [1.807, 2.05) is 0 Å². The van der Waals surface area contributed by atoms with E-state index >= 15 is 0 Å². The maximum Gasteiger partial charge on any atom is 0.269 e. The lowest BCUT2D eigenvalue weighted by atomic mass is 10.1. The molecule has 0 spiro atoms. The van der Waals surface area contributed by atoms with E-state index in [4.69, 9.17) is 5.11 Å². The molecule has 0 amide bonds. The molecule has 17 heavy (non-hydrogen) atoms. The highest BCUT2D eigenvalue weighted by atomic mass is 31.0. The first kappa shape index (κ1) is 14.0. The Kier molecular flexibility index (Phi) is 5.44. The summed E-state index contributed by atoms with van der Waals surface area (Å²) in [5.74, 6) is 0. The molecule has 0 saturated carbocycles. The number of non-ortho nitro benzene ring substituents is 1. The summed E-state index contributed by atoms with van der Waals surface area (Å²) in [5, 5.41) is 29.0. The summed E-state index contributed by atoms with van der Waals surface area (Å²) in [6.45, 7) is 0.786. The summed E-state index contributed by atoms with van der Waals surface area (Å²) in [6.07, 6.45) is -0.736. The molecule has 1 rings (SSSR count). The van der Waals surface area contributed by atoms with E-state index in [1.165, 1.54) is 24.3 Å². The Balaban J connectivity index is 2.63. The van der Waals surface area contributed by atoms with Crippen molar-refractivity contribution in [3.05, 3.63) is 39.9 Å². The van der Waals surface area contributed by atoms with E-state index in [9.17, 15) is 15.2 Å². The summed E-state index contributed by atoms with van der Waals surface area (Å²) in [5.41, 5.74) is 0.611. The number of benzene rings is 1. The highest BCUT2D eigenvalue weighted by molar-refractivity contribution is 7.13. The number of aliphatic hydroxyl groups excluding tert-OH is 2. The van der Waals surface area contributed by atoms with Crippen molar-refractivity contribution in [1.29, 1.82) is 0 Å². The minimum absolute atomic E-state index is 0.000891. The third-order valence-electron chi connectivity index (χ3n) is 2.28. The van der Waals surface area contributed by atoms with Gasteiger partial charge in [-0.05, 0) is 17.7 Å². The van der Waals surface area contributed by atoms with Gasteiger partial charge in [0.05, 0.1) is 17.6 Å². The van der Waals surface area contributed by atoms with Gasteiger partial charge in [0.1, 0.15) is 0 Å². The lowest BCUT2D eigenvalue weighted by Crippen LogP contribution is -2.22. The Bertz CT molecular complexity index is 371. The van der Waals surface area contributed by atoms with E-state index in [1.54, 1.807) is 4.67 Å². The Morgan fingerprint density at radius 2 is 2.00 bits per heavy atom. The number of nitrogens with zero attached hydrogens (tertiary/aromatic N) is 2. The summed E-state index contributed by atoms with van der Waals surface area (Å²) in [7, 11) is 2.40. The first-order valence-corrected chi connectivity index (χ1v) is 5.59. The van der Waals surface area contributed by atoms with Gasteiger partial charge in [-0.1, -0.05) is 9.39 Å². The van der Waals surface area contributed by atoms with Crippen LogP contribution in [0.3, 0.4) is 0 Å². The first-order chi connectivity index (χ1) is 8.04. The molecule has 2 unspecified atom stereocenters. The molecular weight excluding hydrogens is 243 g/mol. The number of nitro benzene ring substituents is 1. The largest absolute Gasteiger partial charge is 0.395 e. The molecule has 0 aliphatic heterocycles. The van der Waals surface area contributed by atoms with Crippen molar-refractivity contribution in [2.75, 3.05) is 19.7 Å². The monoisotopic (exact) mass is 258 g/mol. The molecule has 2 N–H and O–H groups in total. The minimum atomic E-state index is -0.736. The summed E-state index contributed by atoms with van der Waals surface area (Å²) in [4.78, 5) is 9.97. The zero-order valence-electron chi connectivity index (χ0n) is 9.19. The van der Waals surface area contributed by atoms with Crippen molar-refractivity contribution in [2.24, 2.45) is 0 Å². The summed E-state index contributed by atoms with van der Waals surface area (Å²) < 4.78 is 1.70. The van der Waals surface area contributed by atoms with Gasteiger partial charge in [-0.3, -0.25) is 14.8 Å². The topological polar surface area (TPSA) is 86.8 Å². The molecule has 0 bridgehead atoms. The predicted molar refractivity (Wildman–Crippen MR) is 66.4 cm³/mol. The van der Waals surface area contributed by atoms with Crippen molar-refractivity contribution in [3.63, 3.8) is 0 Å². The number of aliphatic hydroxyl groups is 2. The van der Waals surface area contributed by atoms with E-state index in [0.29, 0.717) is 18.7 Å². The van der Waals surface area contributed by atoms with E-state index in [-0.39, 0.29) is 12.3 Å². The number of hydrogen-bond acceptors (Lipinski definition) is 5. The van der Waals surface area contributed by atoms with Crippen LogP contribution in [0.2, 0.25) is 0 Å². The lowest BCUT2D eigenvalue weighted by molar-refractivity contribution is -0.384. The second kappa shape index (κ2) is 6.61. The molecule has 1 aromatic rings.